The highest BCUT2D eigenvalue weighted by Crippen LogP contribution is 2.16. The lowest BCUT2D eigenvalue weighted by molar-refractivity contribution is 0.0600. The van der Waals surface area contributed by atoms with E-state index in [0.717, 1.165) is 0 Å². The highest BCUT2D eigenvalue weighted by atomic mass is 16.5. The van der Waals surface area contributed by atoms with Crippen molar-refractivity contribution in [2.24, 2.45) is 0 Å². The molecule has 2 rings (SSSR count). The molecule has 96 valence electrons. The van der Waals surface area contributed by atoms with Crippen molar-refractivity contribution in [2.45, 2.75) is 0 Å². The van der Waals surface area contributed by atoms with Crippen molar-refractivity contribution in [1.29, 1.82) is 0 Å². The van der Waals surface area contributed by atoms with E-state index in [1.54, 1.807) is 30.3 Å². The van der Waals surface area contributed by atoms with Crippen LogP contribution in [-0.4, -0.2) is 24.0 Å². The first-order valence-electron chi connectivity index (χ1n) is 5.64. The Morgan fingerprint density at radius 1 is 0.947 bits per heavy atom. The Morgan fingerprint density at radius 2 is 1.53 bits per heavy atom. The Balaban J connectivity index is 2.37. The van der Waals surface area contributed by atoms with Crippen molar-refractivity contribution in [3.63, 3.8) is 0 Å². The van der Waals surface area contributed by atoms with Gasteiger partial charge in [-0.25, -0.2) is 4.79 Å². The second-order valence-electron chi connectivity index (χ2n) is 3.95. The van der Waals surface area contributed by atoms with Crippen LogP contribution in [0, 0.1) is 0 Å². The van der Waals surface area contributed by atoms with E-state index >= 15 is 0 Å². The van der Waals surface area contributed by atoms with Crippen molar-refractivity contribution in [3.8, 4) is 5.75 Å². The molecule has 2 aromatic carbocycles. The molecule has 0 spiro atoms. The summed E-state index contributed by atoms with van der Waals surface area (Å²) in [6.45, 7) is 0. The summed E-state index contributed by atoms with van der Waals surface area (Å²) in [7, 11) is 1.28. The molecule has 0 radical (unpaired) electrons. The monoisotopic (exact) mass is 256 g/mol. The lowest BCUT2D eigenvalue weighted by Gasteiger charge is -2.04. The SMILES string of the molecule is COC(=O)c1cccc(C(=O)c2cccc(O)c2)c1. The molecule has 0 aliphatic carbocycles. The van der Waals surface area contributed by atoms with Gasteiger partial charge in [0.05, 0.1) is 12.7 Å². The largest absolute Gasteiger partial charge is 0.508 e. The topological polar surface area (TPSA) is 63.6 Å². The number of ether oxygens (including phenoxy) is 1. The average molecular weight is 256 g/mol. The maximum Gasteiger partial charge on any atom is 0.337 e. The van der Waals surface area contributed by atoms with Crippen LogP contribution in [0.25, 0.3) is 0 Å². The molecule has 1 N–H and O–H groups in total. The van der Waals surface area contributed by atoms with E-state index in [0.29, 0.717) is 16.7 Å². The Morgan fingerprint density at radius 3 is 2.16 bits per heavy atom. The van der Waals surface area contributed by atoms with Gasteiger partial charge in [0.2, 0.25) is 0 Å². The summed E-state index contributed by atoms with van der Waals surface area (Å²) in [4.78, 5) is 23.6. The molecule has 0 bridgehead atoms. The number of hydrogen-bond donors (Lipinski definition) is 1. The van der Waals surface area contributed by atoms with E-state index in [-0.39, 0.29) is 11.5 Å². The molecule has 0 aromatic heterocycles. The summed E-state index contributed by atoms with van der Waals surface area (Å²) in [5, 5.41) is 9.36. The predicted molar refractivity (Wildman–Crippen MR) is 69.3 cm³/mol. The molecule has 2 aromatic rings. The molecular weight excluding hydrogens is 244 g/mol. The lowest BCUT2D eigenvalue weighted by atomic mass is 10.0. The van der Waals surface area contributed by atoms with Crippen LogP contribution in [0.5, 0.6) is 5.75 Å². The predicted octanol–water partition coefficient (Wildman–Crippen LogP) is 2.41. The fourth-order valence-electron chi connectivity index (χ4n) is 1.72. The average Bonchev–Trinajstić information content (AvgIpc) is 2.45. The van der Waals surface area contributed by atoms with Gasteiger partial charge in [-0.1, -0.05) is 24.3 Å². The number of methoxy groups -OCH3 is 1. The standard InChI is InChI=1S/C15H12O4/c1-19-15(18)12-6-2-4-10(8-12)14(17)11-5-3-7-13(16)9-11/h2-9,16H,1H3. The highest BCUT2D eigenvalue weighted by Gasteiger charge is 2.12. The highest BCUT2D eigenvalue weighted by molar-refractivity contribution is 6.10. The molecule has 0 aliphatic heterocycles. The van der Waals surface area contributed by atoms with Gasteiger partial charge in [0, 0.05) is 11.1 Å². The third-order valence-electron chi connectivity index (χ3n) is 2.65. The second kappa shape index (κ2) is 5.35. The first kappa shape index (κ1) is 12.8. The van der Waals surface area contributed by atoms with E-state index in [1.165, 1.54) is 25.3 Å². The summed E-state index contributed by atoms with van der Waals surface area (Å²) >= 11 is 0. The van der Waals surface area contributed by atoms with Gasteiger partial charge >= 0.3 is 5.97 Å². The number of rotatable bonds is 3. The lowest BCUT2D eigenvalue weighted by Crippen LogP contribution is -2.05. The molecular formula is C15H12O4. The number of carbonyl (C=O) groups is 2. The van der Waals surface area contributed by atoms with Crippen LogP contribution in [0.1, 0.15) is 26.3 Å². The molecule has 19 heavy (non-hydrogen) atoms. The third kappa shape index (κ3) is 2.80. The van der Waals surface area contributed by atoms with Crippen LogP contribution in [0.3, 0.4) is 0 Å². The van der Waals surface area contributed by atoms with E-state index in [9.17, 15) is 14.7 Å². The van der Waals surface area contributed by atoms with Crippen LogP contribution < -0.4 is 0 Å². The molecule has 0 saturated carbocycles. The van der Waals surface area contributed by atoms with Gasteiger partial charge in [-0.05, 0) is 24.3 Å². The number of ketones is 1. The fraction of sp³-hybridized carbons (Fsp3) is 0.0667. The summed E-state index contributed by atoms with van der Waals surface area (Å²) < 4.78 is 4.61. The van der Waals surface area contributed by atoms with Crippen LogP contribution in [0.4, 0.5) is 0 Å². The maximum absolute atomic E-state index is 12.2. The van der Waals surface area contributed by atoms with Gasteiger partial charge in [-0.2, -0.15) is 0 Å². The Hall–Kier alpha value is -2.62. The van der Waals surface area contributed by atoms with Gasteiger partial charge in [-0.15, -0.1) is 0 Å². The minimum absolute atomic E-state index is 0.0231. The number of carbonyl (C=O) groups excluding carboxylic acids is 2. The van der Waals surface area contributed by atoms with Gasteiger partial charge < -0.3 is 9.84 Å². The molecule has 0 amide bonds. The van der Waals surface area contributed by atoms with E-state index in [2.05, 4.69) is 4.74 Å². The zero-order chi connectivity index (χ0) is 13.8. The molecule has 0 atom stereocenters. The summed E-state index contributed by atoms with van der Waals surface area (Å²) in [6, 6.07) is 12.3. The van der Waals surface area contributed by atoms with Crippen LogP contribution in [-0.2, 0) is 4.74 Å². The van der Waals surface area contributed by atoms with Gasteiger partial charge in [0.1, 0.15) is 5.75 Å². The zero-order valence-corrected chi connectivity index (χ0v) is 10.3. The van der Waals surface area contributed by atoms with Crippen LogP contribution >= 0.6 is 0 Å². The van der Waals surface area contributed by atoms with Crippen LogP contribution in [0.2, 0.25) is 0 Å². The quantitative estimate of drug-likeness (QED) is 0.676. The second-order valence-corrected chi connectivity index (χ2v) is 3.95. The number of hydrogen-bond acceptors (Lipinski definition) is 4. The van der Waals surface area contributed by atoms with Gasteiger partial charge in [-0.3, -0.25) is 4.79 Å². The first-order valence-corrected chi connectivity index (χ1v) is 5.64. The number of aromatic hydroxyl groups is 1. The molecule has 0 unspecified atom stereocenters. The minimum atomic E-state index is -0.495. The van der Waals surface area contributed by atoms with Gasteiger partial charge in [0.15, 0.2) is 5.78 Å². The van der Waals surface area contributed by atoms with Crippen LogP contribution in [0.15, 0.2) is 48.5 Å². The minimum Gasteiger partial charge on any atom is -0.508 e. The van der Waals surface area contributed by atoms with Crippen molar-refractivity contribution in [1.82, 2.24) is 0 Å². The number of phenols is 1. The summed E-state index contributed by atoms with van der Waals surface area (Å²) in [5.74, 6) is -0.734. The van der Waals surface area contributed by atoms with E-state index in [4.69, 9.17) is 0 Å². The van der Waals surface area contributed by atoms with E-state index in [1.807, 2.05) is 0 Å². The molecule has 0 aliphatic rings. The molecule has 4 heteroatoms. The van der Waals surface area contributed by atoms with Gasteiger partial charge in [0.25, 0.3) is 0 Å². The normalized spacial score (nSPS) is 9.95. The van der Waals surface area contributed by atoms with E-state index < -0.39 is 5.97 Å². The molecule has 4 nitrogen and oxygen atoms in total. The summed E-state index contributed by atoms with van der Waals surface area (Å²) in [6.07, 6.45) is 0. The molecule has 0 fully saturated rings. The molecule has 0 heterocycles. The third-order valence-corrected chi connectivity index (χ3v) is 2.65. The fourth-order valence-corrected chi connectivity index (χ4v) is 1.72. The number of esters is 1. The van der Waals surface area contributed by atoms with Crippen molar-refractivity contribution < 1.29 is 19.4 Å². The number of phenolic OH excluding ortho intramolecular Hbond substituents is 1. The van der Waals surface area contributed by atoms with Crippen molar-refractivity contribution >= 4 is 11.8 Å². The summed E-state index contributed by atoms with van der Waals surface area (Å²) in [5.41, 5.74) is 1.05. The Labute approximate surface area is 110 Å². The first-order chi connectivity index (χ1) is 9.11. The smallest absolute Gasteiger partial charge is 0.337 e. The Bertz CT molecular complexity index is 632. The van der Waals surface area contributed by atoms with Crippen molar-refractivity contribution in [2.75, 3.05) is 7.11 Å². The maximum atomic E-state index is 12.2. The zero-order valence-electron chi connectivity index (χ0n) is 10.3. The van der Waals surface area contributed by atoms with Crippen molar-refractivity contribution in [3.05, 3.63) is 65.2 Å². The Kier molecular flexibility index (Phi) is 3.61. The number of benzene rings is 2. The molecule has 0 saturated heterocycles.